The van der Waals surface area contributed by atoms with Crippen LogP contribution in [0.3, 0.4) is 0 Å². The Morgan fingerprint density at radius 2 is 1.55 bits per heavy atom. The van der Waals surface area contributed by atoms with Crippen molar-refractivity contribution in [1.29, 1.82) is 0 Å². The van der Waals surface area contributed by atoms with Gasteiger partial charge in [-0.2, -0.15) is 13.2 Å². The van der Waals surface area contributed by atoms with E-state index in [0.717, 1.165) is 12.1 Å². The van der Waals surface area contributed by atoms with Crippen LogP contribution in [0.1, 0.15) is 32.3 Å². The molecule has 2 aromatic rings. The van der Waals surface area contributed by atoms with E-state index >= 15 is 0 Å². The second kappa shape index (κ2) is 7.21. The van der Waals surface area contributed by atoms with Crippen molar-refractivity contribution >= 4 is 17.8 Å². The lowest BCUT2D eigenvalue weighted by Gasteiger charge is -2.45. The van der Waals surface area contributed by atoms with Crippen LogP contribution in [0.25, 0.3) is 0 Å². The first-order chi connectivity index (χ1) is 13.5. The standard InChI is InChI=1S/C19H15F3N2O5/c20-19(21,22)18(29)13(15(25)11-4-2-1-3-5-11)14(23-17(28)24-18)10-6-8-12(9-7-10)16(26)27/h1-9,13-14,29H,(H,26,27)(H2,23,24,28)/t13-,14-,18-/m1/s1. The number of benzene rings is 2. The van der Waals surface area contributed by atoms with Crippen LogP contribution in [0.5, 0.6) is 0 Å². The number of hydrogen-bond donors (Lipinski definition) is 4. The van der Waals surface area contributed by atoms with Crippen LogP contribution in [0.15, 0.2) is 54.6 Å². The number of nitrogens with one attached hydrogen (secondary N) is 2. The highest BCUT2D eigenvalue weighted by molar-refractivity contribution is 6.00. The fraction of sp³-hybridized carbons (Fsp3) is 0.211. The number of halogens is 3. The van der Waals surface area contributed by atoms with Gasteiger partial charge in [0.2, 0.25) is 5.72 Å². The van der Waals surface area contributed by atoms with Gasteiger partial charge in [0.1, 0.15) is 5.92 Å². The summed E-state index contributed by atoms with van der Waals surface area (Å²) >= 11 is 0. The minimum atomic E-state index is -5.36. The van der Waals surface area contributed by atoms with Gasteiger partial charge in [-0.15, -0.1) is 0 Å². The van der Waals surface area contributed by atoms with E-state index in [1.54, 1.807) is 6.07 Å². The van der Waals surface area contributed by atoms with E-state index in [1.807, 2.05) is 0 Å². The van der Waals surface area contributed by atoms with E-state index in [4.69, 9.17) is 5.11 Å². The molecule has 1 aliphatic rings. The largest absolute Gasteiger partial charge is 0.478 e. The summed E-state index contributed by atoms with van der Waals surface area (Å²) in [6, 6.07) is 8.78. The van der Waals surface area contributed by atoms with Crippen LogP contribution in [0.2, 0.25) is 0 Å². The van der Waals surface area contributed by atoms with Crippen LogP contribution in [-0.4, -0.2) is 39.9 Å². The van der Waals surface area contributed by atoms with Gasteiger partial charge in [-0.05, 0) is 17.7 Å². The highest BCUT2D eigenvalue weighted by Crippen LogP contribution is 2.43. The van der Waals surface area contributed by atoms with Gasteiger partial charge in [-0.3, -0.25) is 4.79 Å². The molecule has 1 heterocycles. The maximum Gasteiger partial charge on any atom is 0.437 e. The number of aromatic carboxylic acids is 1. The van der Waals surface area contributed by atoms with Gasteiger partial charge in [0.15, 0.2) is 5.78 Å². The molecule has 7 nitrogen and oxygen atoms in total. The average Bonchev–Trinajstić information content (AvgIpc) is 2.67. The average molecular weight is 408 g/mol. The van der Waals surface area contributed by atoms with Gasteiger partial charge < -0.3 is 20.8 Å². The predicted molar refractivity (Wildman–Crippen MR) is 93.1 cm³/mol. The first kappa shape index (κ1) is 20.3. The van der Waals surface area contributed by atoms with E-state index < -0.39 is 41.6 Å². The van der Waals surface area contributed by atoms with Crippen molar-refractivity contribution in [1.82, 2.24) is 10.6 Å². The van der Waals surface area contributed by atoms with Crippen LogP contribution < -0.4 is 10.6 Å². The van der Waals surface area contributed by atoms with Crippen LogP contribution in [0.4, 0.5) is 18.0 Å². The number of ketones is 1. The number of Topliss-reactive ketones (excluding diaryl/α,β-unsaturated/α-hetero) is 1. The maximum absolute atomic E-state index is 13.8. The van der Waals surface area contributed by atoms with Crippen molar-refractivity contribution in [2.75, 3.05) is 0 Å². The van der Waals surface area contributed by atoms with E-state index in [9.17, 15) is 32.7 Å². The molecule has 1 fully saturated rings. The Morgan fingerprint density at radius 3 is 2.07 bits per heavy atom. The molecule has 29 heavy (non-hydrogen) atoms. The Bertz CT molecular complexity index is 947. The van der Waals surface area contributed by atoms with Gasteiger partial charge in [0.05, 0.1) is 11.6 Å². The Balaban J connectivity index is 2.14. The number of amides is 2. The molecule has 0 aromatic heterocycles. The van der Waals surface area contributed by atoms with Gasteiger partial charge in [-0.25, -0.2) is 9.59 Å². The fourth-order valence-electron chi connectivity index (χ4n) is 3.23. The molecule has 1 aliphatic heterocycles. The first-order valence-electron chi connectivity index (χ1n) is 8.35. The molecule has 0 spiro atoms. The molecule has 152 valence electrons. The molecule has 0 radical (unpaired) electrons. The summed E-state index contributed by atoms with van der Waals surface area (Å²) in [7, 11) is 0. The number of carboxylic acids is 1. The lowest BCUT2D eigenvalue weighted by atomic mass is 9.77. The number of aliphatic hydroxyl groups is 1. The van der Waals surface area contributed by atoms with E-state index in [1.165, 1.54) is 41.7 Å². The molecule has 0 bridgehead atoms. The molecule has 10 heteroatoms. The third kappa shape index (κ3) is 3.66. The molecule has 4 N–H and O–H groups in total. The molecule has 0 saturated carbocycles. The van der Waals surface area contributed by atoms with Gasteiger partial charge in [-0.1, -0.05) is 42.5 Å². The van der Waals surface area contributed by atoms with Crippen molar-refractivity contribution in [3.05, 3.63) is 71.3 Å². The van der Waals surface area contributed by atoms with E-state index in [0.29, 0.717) is 0 Å². The number of alkyl halides is 3. The molecule has 1 saturated heterocycles. The number of carbonyl (C=O) groups is 3. The Labute approximate surface area is 162 Å². The normalized spacial score (nSPS) is 24.3. The second-order valence-electron chi connectivity index (χ2n) is 6.48. The van der Waals surface area contributed by atoms with Crippen LogP contribution in [-0.2, 0) is 0 Å². The smallest absolute Gasteiger partial charge is 0.437 e. The second-order valence-corrected chi connectivity index (χ2v) is 6.48. The molecule has 3 atom stereocenters. The lowest BCUT2D eigenvalue weighted by Crippen LogP contribution is -2.72. The Morgan fingerprint density at radius 1 is 0.966 bits per heavy atom. The predicted octanol–water partition coefficient (Wildman–Crippen LogP) is 2.49. The quantitative estimate of drug-likeness (QED) is 0.580. The summed E-state index contributed by atoms with van der Waals surface area (Å²) in [6.07, 6.45) is -5.36. The maximum atomic E-state index is 13.8. The molecule has 3 rings (SSSR count). The van der Waals surface area contributed by atoms with Crippen molar-refractivity contribution in [2.24, 2.45) is 5.92 Å². The monoisotopic (exact) mass is 408 g/mol. The fourth-order valence-corrected chi connectivity index (χ4v) is 3.23. The summed E-state index contributed by atoms with van der Waals surface area (Å²) in [5, 5.41) is 23.1. The molecular weight excluding hydrogens is 393 g/mol. The Hall–Kier alpha value is -3.40. The minimum absolute atomic E-state index is 0.0295. The van der Waals surface area contributed by atoms with E-state index in [2.05, 4.69) is 5.32 Å². The van der Waals surface area contributed by atoms with Crippen LogP contribution >= 0.6 is 0 Å². The molecule has 2 aromatic carbocycles. The summed E-state index contributed by atoms with van der Waals surface area (Å²) in [5.74, 6) is -4.47. The number of carboxylic acid groups (broad SMARTS) is 1. The third-order valence-corrected chi connectivity index (χ3v) is 4.66. The zero-order valence-corrected chi connectivity index (χ0v) is 14.6. The van der Waals surface area contributed by atoms with E-state index in [-0.39, 0.29) is 16.7 Å². The molecule has 0 unspecified atom stereocenters. The van der Waals surface area contributed by atoms with Gasteiger partial charge in [0, 0.05) is 5.56 Å². The first-order valence-corrected chi connectivity index (χ1v) is 8.35. The number of urea groups is 1. The zero-order chi connectivity index (χ0) is 21.4. The number of carbonyl (C=O) groups excluding carboxylic acids is 2. The molecular formula is C19H15F3N2O5. The summed E-state index contributed by atoms with van der Waals surface area (Å²) in [6.45, 7) is 0. The number of hydrogen-bond acceptors (Lipinski definition) is 4. The SMILES string of the molecule is O=C1N[C@H](c2ccc(C(=O)O)cc2)[C@H](C(=O)c2ccccc2)[C@@](O)(C(F)(F)F)N1. The molecule has 0 aliphatic carbocycles. The topological polar surface area (TPSA) is 116 Å². The summed E-state index contributed by atoms with van der Waals surface area (Å²) < 4.78 is 41.3. The zero-order valence-electron chi connectivity index (χ0n) is 14.6. The van der Waals surface area contributed by atoms with Crippen molar-refractivity contribution < 1.29 is 37.8 Å². The lowest BCUT2D eigenvalue weighted by molar-refractivity contribution is -0.287. The van der Waals surface area contributed by atoms with Gasteiger partial charge >= 0.3 is 18.2 Å². The third-order valence-electron chi connectivity index (χ3n) is 4.66. The van der Waals surface area contributed by atoms with Crippen molar-refractivity contribution in [3.8, 4) is 0 Å². The minimum Gasteiger partial charge on any atom is -0.478 e. The van der Waals surface area contributed by atoms with Crippen LogP contribution in [0, 0.1) is 5.92 Å². The summed E-state index contributed by atoms with van der Waals surface area (Å²) in [5.41, 5.74) is -4.03. The summed E-state index contributed by atoms with van der Waals surface area (Å²) in [4.78, 5) is 35.9. The van der Waals surface area contributed by atoms with Gasteiger partial charge in [0.25, 0.3) is 0 Å². The van der Waals surface area contributed by atoms with Crippen molar-refractivity contribution in [2.45, 2.75) is 17.9 Å². The Kier molecular flexibility index (Phi) is 5.05. The highest BCUT2D eigenvalue weighted by atomic mass is 19.4. The van der Waals surface area contributed by atoms with Crippen molar-refractivity contribution in [3.63, 3.8) is 0 Å². The molecule has 2 amide bonds. The highest BCUT2D eigenvalue weighted by Gasteiger charge is 2.66. The number of rotatable bonds is 4.